The van der Waals surface area contributed by atoms with Crippen LogP contribution in [0.15, 0.2) is 24.3 Å². The summed E-state index contributed by atoms with van der Waals surface area (Å²) in [5, 5.41) is 9.63. The molecule has 0 spiro atoms. The monoisotopic (exact) mass is 228 g/mol. The third-order valence-electron chi connectivity index (χ3n) is 1.96. The zero-order chi connectivity index (χ0) is 12.2. The number of hydrogen-bond acceptors (Lipinski definition) is 4. The number of carbonyl (C=O) groups excluding carboxylic acids is 1. The van der Waals surface area contributed by atoms with Crippen LogP contribution in [-0.2, 0) is 9.53 Å². The Morgan fingerprint density at radius 2 is 2.00 bits per heavy atom. The van der Waals surface area contributed by atoms with Gasteiger partial charge in [-0.1, -0.05) is 0 Å². The molecule has 0 amide bonds. The smallest absolute Gasteiger partial charge is 0.341 e. The second-order valence-corrected chi connectivity index (χ2v) is 3.51. The van der Waals surface area contributed by atoms with Crippen molar-refractivity contribution in [2.24, 2.45) is 0 Å². The summed E-state index contributed by atoms with van der Waals surface area (Å²) in [6.07, 6.45) is 0. The summed E-state index contributed by atoms with van der Waals surface area (Å²) >= 11 is 0. The number of methoxy groups -OCH3 is 1. The standard InChI is InChI=1S/C11H13FO4/c1-11(14,10(13)15-2)7-16-9-5-3-8(12)4-6-9/h3-6,14H,7H2,1-2H3. The predicted octanol–water partition coefficient (Wildman–Crippen LogP) is 1.13. The molecule has 1 unspecified atom stereocenters. The van der Waals surface area contributed by atoms with Gasteiger partial charge in [0.25, 0.3) is 0 Å². The first-order chi connectivity index (χ1) is 7.45. The Kier molecular flexibility index (Phi) is 3.84. The van der Waals surface area contributed by atoms with Gasteiger partial charge in [0.2, 0.25) is 0 Å². The molecule has 1 aromatic carbocycles. The number of aliphatic hydroxyl groups is 1. The normalized spacial score (nSPS) is 14.0. The maximum absolute atomic E-state index is 12.6. The third kappa shape index (κ3) is 3.20. The molecule has 1 rings (SSSR count). The van der Waals surface area contributed by atoms with Crippen LogP contribution < -0.4 is 4.74 Å². The lowest BCUT2D eigenvalue weighted by molar-refractivity contribution is -0.163. The maximum atomic E-state index is 12.6. The van der Waals surface area contributed by atoms with Crippen molar-refractivity contribution in [3.63, 3.8) is 0 Å². The highest BCUT2D eigenvalue weighted by Crippen LogP contribution is 2.14. The van der Waals surface area contributed by atoms with Crippen LogP contribution in [0, 0.1) is 5.82 Å². The topological polar surface area (TPSA) is 55.8 Å². The highest BCUT2D eigenvalue weighted by Gasteiger charge is 2.32. The molecule has 5 heteroatoms. The summed E-state index contributed by atoms with van der Waals surface area (Å²) in [7, 11) is 1.18. The van der Waals surface area contributed by atoms with E-state index in [2.05, 4.69) is 4.74 Å². The van der Waals surface area contributed by atoms with Crippen molar-refractivity contribution in [3.8, 4) is 5.75 Å². The zero-order valence-corrected chi connectivity index (χ0v) is 9.07. The number of benzene rings is 1. The van der Waals surface area contributed by atoms with Gasteiger partial charge in [0.05, 0.1) is 7.11 Å². The second kappa shape index (κ2) is 4.94. The van der Waals surface area contributed by atoms with Crippen molar-refractivity contribution in [2.45, 2.75) is 12.5 Å². The van der Waals surface area contributed by atoms with Crippen molar-refractivity contribution in [2.75, 3.05) is 13.7 Å². The molecule has 1 atom stereocenters. The van der Waals surface area contributed by atoms with Gasteiger partial charge in [-0.15, -0.1) is 0 Å². The Morgan fingerprint density at radius 1 is 1.44 bits per heavy atom. The highest BCUT2D eigenvalue weighted by molar-refractivity contribution is 5.78. The second-order valence-electron chi connectivity index (χ2n) is 3.51. The zero-order valence-electron chi connectivity index (χ0n) is 9.07. The Morgan fingerprint density at radius 3 is 2.50 bits per heavy atom. The molecule has 0 radical (unpaired) electrons. The van der Waals surface area contributed by atoms with Crippen molar-refractivity contribution >= 4 is 5.97 Å². The van der Waals surface area contributed by atoms with Gasteiger partial charge in [0, 0.05) is 0 Å². The number of hydrogen-bond donors (Lipinski definition) is 1. The minimum absolute atomic E-state index is 0.259. The maximum Gasteiger partial charge on any atom is 0.341 e. The molecule has 0 bridgehead atoms. The van der Waals surface area contributed by atoms with Gasteiger partial charge in [0.15, 0.2) is 5.60 Å². The summed E-state index contributed by atoms with van der Waals surface area (Å²) in [6.45, 7) is 1.02. The van der Waals surface area contributed by atoms with E-state index in [1.165, 1.54) is 38.3 Å². The summed E-state index contributed by atoms with van der Waals surface area (Å²) in [4.78, 5) is 11.1. The summed E-state index contributed by atoms with van der Waals surface area (Å²) in [5.41, 5.74) is -1.72. The van der Waals surface area contributed by atoms with E-state index in [0.717, 1.165) is 0 Å². The van der Waals surface area contributed by atoms with Gasteiger partial charge in [-0.3, -0.25) is 0 Å². The molecule has 16 heavy (non-hydrogen) atoms. The fourth-order valence-electron chi connectivity index (χ4n) is 1.03. The van der Waals surface area contributed by atoms with Crippen LogP contribution in [-0.4, -0.2) is 30.4 Å². The van der Waals surface area contributed by atoms with Gasteiger partial charge in [-0.05, 0) is 31.2 Å². The van der Waals surface area contributed by atoms with Crippen LogP contribution in [0.1, 0.15) is 6.92 Å². The molecule has 1 aromatic rings. The molecular formula is C11H13FO4. The van der Waals surface area contributed by atoms with Crippen molar-refractivity contribution in [1.82, 2.24) is 0 Å². The lowest BCUT2D eigenvalue weighted by atomic mass is 10.1. The fraction of sp³-hybridized carbons (Fsp3) is 0.364. The molecule has 0 heterocycles. The van der Waals surface area contributed by atoms with E-state index in [4.69, 9.17) is 4.74 Å². The number of rotatable bonds is 4. The molecule has 0 fully saturated rings. The fourth-order valence-corrected chi connectivity index (χ4v) is 1.03. The summed E-state index contributed by atoms with van der Waals surface area (Å²) in [5.74, 6) is -0.799. The lowest BCUT2D eigenvalue weighted by Gasteiger charge is -2.20. The Hall–Kier alpha value is -1.62. The lowest BCUT2D eigenvalue weighted by Crippen LogP contribution is -2.42. The number of halogens is 1. The summed E-state index contributed by atoms with van der Waals surface area (Å²) in [6, 6.07) is 5.26. The van der Waals surface area contributed by atoms with Crippen LogP contribution in [0.5, 0.6) is 5.75 Å². The molecule has 0 aromatic heterocycles. The van der Waals surface area contributed by atoms with Crippen LogP contribution in [0.25, 0.3) is 0 Å². The molecule has 1 N–H and O–H groups in total. The van der Waals surface area contributed by atoms with E-state index in [1.807, 2.05) is 0 Å². The first-order valence-corrected chi connectivity index (χ1v) is 4.65. The molecule has 0 saturated carbocycles. The molecule has 0 aliphatic heterocycles. The Bertz CT molecular complexity index is 359. The van der Waals surface area contributed by atoms with Gasteiger partial charge < -0.3 is 14.6 Å². The number of ether oxygens (including phenoxy) is 2. The van der Waals surface area contributed by atoms with Gasteiger partial charge in [-0.2, -0.15) is 0 Å². The van der Waals surface area contributed by atoms with E-state index >= 15 is 0 Å². The summed E-state index contributed by atoms with van der Waals surface area (Å²) < 4.78 is 22.1. The number of esters is 1. The van der Waals surface area contributed by atoms with E-state index in [1.54, 1.807) is 0 Å². The predicted molar refractivity (Wildman–Crippen MR) is 54.5 cm³/mol. The van der Waals surface area contributed by atoms with E-state index in [9.17, 15) is 14.3 Å². The van der Waals surface area contributed by atoms with E-state index in [-0.39, 0.29) is 12.4 Å². The minimum atomic E-state index is -1.72. The molecule has 88 valence electrons. The van der Waals surface area contributed by atoms with Crippen LogP contribution in [0.3, 0.4) is 0 Å². The molecule has 0 saturated heterocycles. The van der Waals surface area contributed by atoms with Gasteiger partial charge in [0.1, 0.15) is 18.2 Å². The van der Waals surface area contributed by atoms with Crippen molar-refractivity contribution < 1.29 is 23.8 Å². The first kappa shape index (κ1) is 12.4. The Balaban J connectivity index is 2.57. The minimum Gasteiger partial charge on any atom is -0.490 e. The Labute approximate surface area is 92.6 Å². The average molecular weight is 228 g/mol. The molecule has 4 nitrogen and oxygen atoms in total. The van der Waals surface area contributed by atoms with E-state index < -0.39 is 11.6 Å². The molecular weight excluding hydrogens is 215 g/mol. The van der Waals surface area contributed by atoms with Crippen LogP contribution >= 0.6 is 0 Å². The largest absolute Gasteiger partial charge is 0.490 e. The van der Waals surface area contributed by atoms with Crippen molar-refractivity contribution in [1.29, 1.82) is 0 Å². The highest BCUT2D eigenvalue weighted by atomic mass is 19.1. The average Bonchev–Trinajstić information content (AvgIpc) is 2.27. The quantitative estimate of drug-likeness (QED) is 0.785. The molecule has 0 aliphatic rings. The third-order valence-corrected chi connectivity index (χ3v) is 1.96. The van der Waals surface area contributed by atoms with Crippen LogP contribution in [0.4, 0.5) is 4.39 Å². The van der Waals surface area contributed by atoms with E-state index in [0.29, 0.717) is 5.75 Å². The van der Waals surface area contributed by atoms with Gasteiger partial charge >= 0.3 is 5.97 Å². The van der Waals surface area contributed by atoms with Gasteiger partial charge in [-0.25, -0.2) is 9.18 Å². The number of carbonyl (C=O) groups is 1. The first-order valence-electron chi connectivity index (χ1n) is 4.65. The van der Waals surface area contributed by atoms with Crippen molar-refractivity contribution in [3.05, 3.63) is 30.1 Å². The van der Waals surface area contributed by atoms with Crippen LogP contribution in [0.2, 0.25) is 0 Å². The molecule has 0 aliphatic carbocycles. The SMILES string of the molecule is COC(=O)C(C)(O)COc1ccc(F)cc1.